The normalized spacial score (nSPS) is 23.9. The van der Waals surface area contributed by atoms with Crippen LogP contribution in [0.15, 0.2) is 18.2 Å². The van der Waals surface area contributed by atoms with Gasteiger partial charge >= 0.3 is 0 Å². The van der Waals surface area contributed by atoms with Crippen LogP contribution in [-0.4, -0.2) is 19.0 Å². The van der Waals surface area contributed by atoms with E-state index in [2.05, 4.69) is 0 Å². The zero-order chi connectivity index (χ0) is 13.1. The molecule has 1 aromatic carbocycles. The van der Waals surface area contributed by atoms with Crippen molar-refractivity contribution in [2.24, 2.45) is 11.7 Å². The number of nitrogens with two attached hydrogens (primary N) is 1. The van der Waals surface area contributed by atoms with E-state index in [9.17, 15) is 4.79 Å². The van der Waals surface area contributed by atoms with Crippen molar-refractivity contribution in [1.29, 1.82) is 0 Å². The summed E-state index contributed by atoms with van der Waals surface area (Å²) in [4.78, 5) is 12.6. The highest BCUT2D eigenvalue weighted by molar-refractivity contribution is 6.35. The number of quaternary nitrogens is 1. The fourth-order valence-electron chi connectivity index (χ4n) is 2.51. The number of halogens is 2. The van der Waals surface area contributed by atoms with Crippen LogP contribution in [0.2, 0.25) is 10.0 Å². The Morgan fingerprint density at radius 3 is 2.67 bits per heavy atom. The number of carbonyl (C=O) groups excluding carboxylic acids is 1. The van der Waals surface area contributed by atoms with Gasteiger partial charge in [0.15, 0.2) is 0 Å². The van der Waals surface area contributed by atoms with E-state index in [1.54, 1.807) is 0 Å². The molecule has 1 fully saturated rings. The first-order chi connectivity index (χ1) is 8.58. The van der Waals surface area contributed by atoms with Gasteiger partial charge in [-0.1, -0.05) is 29.3 Å². The molecule has 0 spiro atoms. The molecule has 0 aliphatic carbocycles. The summed E-state index contributed by atoms with van der Waals surface area (Å²) in [6.45, 7) is 2.56. The lowest BCUT2D eigenvalue weighted by Gasteiger charge is -2.28. The molecule has 18 heavy (non-hydrogen) atoms. The first-order valence-corrected chi connectivity index (χ1v) is 6.89. The van der Waals surface area contributed by atoms with Gasteiger partial charge in [-0.05, 0) is 25.0 Å². The fourth-order valence-corrected chi connectivity index (χ4v) is 3.04. The first-order valence-electron chi connectivity index (χ1n) is 6.13. The van der Waals surface area contributed by atoms with Crippen LogP contribution < -0.4 is 10.6 Å². The molecule has 0 aromatic heterocycles. The van der Waals surface area contributed by atoms with Crippen molar-refractivity contribution in [2.45, 2.75) is 19.4 Å². The number of amides is 1. The molecule has 0 bridgehead atoms. The van der Waals surface area contributed by atoms with Crippen molar-refractivity contribution in [3.63, 3.8) is 0 Å². The summed E-state index contributed by atoms with van der Waals surface area (Å²) >= 11 is 12.3. The summed E-state index contributed by atoms with van der Waals surface area (Å²) in [7, 11) is 0. The third-order valence-corrected chi connectivity index (χ3v) is 4.22. The molecule has 1 aliphatic rings. The molecule has 1 unspecified atom stereocenters. The molecule has 3 nitrogen and oxygen atoms in total. The van der Waals surface area contributed by atoms with Gasteiger partial charge in [0.25, 0.3) is 0 Å². The summed E-state index contributed by atoms with van der Waals surface area (Å²) in [6.07, 6.45) is 1.92. The molecule has 5 heteroatoms. The number of piperidine rings is 1. The maximum atomic E-state index is 11.2. The van der Waals surface area contributed by atoms with E-state index < -0.39 is 0 Å². The molecule has 1 amide bonds. The number of carbonyl (C=O) groups is 1. The van der Waals surface area contributed by atoms with Crippen molar-refractivity contribution >= 4 is 29.1 Å². The van der Waals surface area contributed by atoms with Crippen LogP contribution in [0.4, 0.5) is 0 Å². The molecule has 2 rings (SSSR count). The summed E-state index contributed by atoms with van der Waals surface area (Å²) in [5.74, 6) is -0.215. The molecule has 1 aliphatic heterocycles. The van der Waals surface area contributed by atoms with Crippen LogP contribution in [0.3, 0.4) is 0 Å². The van der Waals surface area contributed by atoms with E-state index in [1.807, 2.05) is 18.2 Å². The van der Waals surface area contributed by atoms with Crippen LogP contribution in [0, 0.1) is 5.92 Å². The van der Waals surface area contributed by atoms with Crippen molar-refractivity contribution in [3.8, 4) is 0 Å². The predicted octanol–water partition coefficient (Wildman–Crippen LogP) is 1.27. The minimum atomic E-state index is -0.197. The van der Waals surface area contributed by atoms with Gasteiger partial charge in [-0.2, -0.15) is 0 Å². The van der Waals surface area contributed by atoms with Gasteiger partial charge < -0.3 is 10.6 Å². The van der Waals surface area contributed by atoms with Crippen molar-refractivity contribution in [1.82, 2.24) is 0 Å². The molecule has 0 saturated carbocycles. The highest BCUT2D eigenvalue weighted by Crippen LogP contribution is 2.23. The number of hydrogen-bond donors (Lipinski definition) is 2. The van der Waals surface area contributed by atoms with E-state index in [0.717, 1.165) is 38.0 Å². The summed E-state index contributed by atoms with van der Waals surface area (Å²) in [5, 5.41) is 1.38. The lowest BCUT2D eigenvalue weighted by atomic mass is 9.97. The molecule has 0 radical (unpaired) electrons. The van der Waals surface area contributed by atoms with Crippen molar-refractivity contribution < 1.29 is 9.69 Å². The topological polar surface area (TPSA) is 47.5 Å². The lowest BCUT2D eigenvalue weighted by molar-refractivity contribution is -0.921. The molecule has 1 heterocycles. The lowest BCUT2D eigenvalue weighted by Crippen LogP contribution is -3.12. The second kappa shape index (κ2) is 5.91. The number of nitrogens with one attached hydrogen (secondary N) is 1. The Balaban J connectivity index is 2.07. The van der Waals surface area contributed by atoms with Crippen molar-refractivity contribution in [2.75, 3.05) is 13.1 Å². The van der Waals surface area contributed by atoms with Gasteiger partial charge in [0.2, 0.25) is 5.91 Å². The van der Waals surface area contributed by atoms with Crippen LogP contribution in [0.25, 0.3) is 0 Å². The Bertz CT molecular complexity index is 430. The smallest absolute Gasteiger partial charge is 0.226 e. The van der Waals surface area contributed by atoms with Gasteiger partial charge in [-0.15, -0.1) is 0 Å². The van der Waals surface area contributed by atoms with Crippen molar-refractivity contribution in [3.05, 3.63) is 33.8 Å². The Morgan fingerprint density at radius 1 is 1.39 bits per heavy atom. The summed E-state index contributed by atoms with van der Waals surface area (Å²) in [6, 6.07) is 5.53. The fraction of sp³-hybridized carbons (Fsp3) is 0.462. The maximum Gasteiger partial charge on any atom is 0.226 e. The van der Waals surface area contributed by atoms with Crippen LogP contribution in [0.1, 0.15) is 18.4 Å². The molecule has 1 aromatic rings. The molecule has 1 saturated heterocycles. The van der Waals surface area contributed by atoms with E-state index >= 15 is 0 Å². The quantitative estimate of drug-likeness (QED) is 0.864. The number of likely N-dealkylation sites (tertiary alicyclic amines) is 1. The van der Waals surface area contributed by atoms with Crippen LogP contribution >= 0.6 is 23.2 Å². The number of hydrogen-bond acceptors (Lipinski definition) is 1. The summed E-state index contributed by atoms with van der Waals surface area (Å²) < 4.78 is 0. The standard InChI is InChI=1S/C13H16Cl2N2O/c14-11-4-1-5-12(15)10(11)8-17-6-2-3-9(7-17)13(16)18/h1,4-5,9H,2-3,6-8H2,(H2,16,18)/p+1/t9-/m0/s1. The van der Waals surface area contributed by atoms with E-state index in [0.29, 0.717) is 10.0 Å². The predicted molar refractivity (Wildman–Crippen MR) is 72.8 cm³/mol. The van der Waals surface area contributed by atoms with E-state index in [1.165, 1.54) is 4.90 Å². The Labute approximate surface area is 117 Å². The van der Waals surface area contributed by atoms with Gasteiger partial charge in [-0.25, -0.2) is 0 Å². The molecule has 3 N–H and O–H groups in total. The highest BCUT2D eigenvalue weighted by atomic mass is 35.5. The van der Waals surface area contributed by atoms with Gasteiger partial charge in [0, 0.05) is 5.56 Å². The average Bonchev–Trinajstić information content (AvgIpc) is 2.34. The molecule has 98 valence electrons. The second-order valence-electron chi connectivity index (χ2n) is 4.82. The Kier molecular flexibility index (Phi) is 4.49. The average molecular weight is 288 g/mol. The minimum Gasteiger partial charge on any atom is -0.369 e. The number of primary amides is 1. The second-order valence-corrected chi connectivity index (χ2v) is 5.64. The highest BCUT2D eigenvalue weighted by Gasteiger charge is 2.27. The third kappa shape index (κ3) is 3.16. The molecular formula is C13H17Cl2N2O+. The van der Waals surface area contributed by atoms with Crippen LogP contribution in [-0.2, 0) is 11.3 Å². The minimum absolute atomic E-state index is 0.0185. The first kappa shape index (κ1) is 13.7. The number of benzene rings is 1. The molecule has 2 atom stereocenters. The Morgan fingerprint density at radius 2 is 2.06 bits per heavy atom. The zero-order valence-electron chi connectivity index (χ0n) is 10.1. The summed E-state index contributed by atoms with van der Waals surface area (Å²) in [5.41, 5.74) is 6.34. The van der Waals surface area contributed by atoms with Gasteiger partial charge in [-0.3, -0.25) is 4.79 Å². The number of rotatable bonds is 3. The van der Waals surface area contributed by atoms with Crippen LogP contribution in [0.5, 0.6) is 0 Å². The largest absolute Gasteiger partial charge is 0.369 e. The zero-order valence-corrected chi connectivity index (χ0v) is 11.6. The SMILES string of the molecule is NC(=O)[C@H]1CCC[NH+](Cc2c(Cl)cccc2Cl)C1. The van der Waals surface area contributed by atoms with E-state index in [4.69, 9.17) is 28.9 Å². The van der Waals surface area contributed by atoms with E-state index in [-0.39, 0.29) is 11.8 Å². The third-order valence-electron chi connectivity index (χ3n) is 3.51. The monoisotopic (exact) mass is 287 g/mol. The van der Waals surface area contributed by atoms with Gasteiger partial charge in [0.1, 0.15) is 6.54 Å². The molecular weight excluding hydrogens is 271 g/mol. The van der Waals surface area contributed by atoms with Gasteiger partial charge in [0.05, 0.1) is 29.1 Å². The maximum absolute atomic E-state index is 11.2. The Hall–Kier alpha value is -0.770.